The van der Waals surface area contributed by atoms with E-state index >= 15 is 0 Å². The smallest absolute Gasteiger partial charge is 1.00 e. The average molecular weight is 458 g/mol. The van der Waals surface area contributed by atoms with E-state index in [-0.39, 0.29) is 58.9 Å². The van der Waals surface area contributed by atoms with E-state index < -0.39 is 8.07 Å². The third-order valence-electron chi connectivity index (χ3n) is 4.67. The summed E-state index contributed by atoms with van der Waals surface area (Å²) in [6.45, 7) is 4.75. The SMILES string of the molecule is CCCC1=CC[C-]=C1[Si](C)(c1ccccc1)c1ccccc1.[Cl-].[Cl-].[Cl-].[Ti+4]. The van der Waals surface area contributed by atoms with Crippen LogP contribution in [-0.4, -0.2) is 8.07 Å². The summed E-state index contributed by atoms with van der Waals surface area (Å²) >= 11 is 0. The first-order valence-corrected chi connectivity index (χ1v) is 10.7. The Bertz CT molecular complexity index is 660. The molecule has 0 fully saturated rings. The largest absolute Gasteiger partial charge is 4.00 e. The Labute approximate surface area is 192 Å². The van der Waals surface area contributed by atoms with Crippen LogP contribution < -0.4 is 47.6 Å². The van der Waals surface area contributed by atoms with E-state index in [1.54, 1.807) is 0 Å². The van der Waals surface area contributed by atoms with Gasteiger partial charge in [0.25, 0.3) is 0 Å². The van der Waals surface area contributed by atoms with Gasteiger partial charge in [-0.25, -0.2) is 10.8 Å². The molecule has 2 aromatic carbocycles. The number of hydrogen-bond acceptors (Lipinski definition) is 0. The molecule has 0 N–H and O–H groups in total. The van der Waals surface area contributed by atoms with Gasteiger partial charge in [-0.05, 0) is 0 Å². The maximum Gasteiger partial charge on any atom is 4.00 e. The normalized spacial score (nSPS) is 12.4. The summed E-state index contributed by atoms with van der Waals surface area (Å²) in [5, 5.41) is 4.46. The molecule has 3 rings (SSSR count). The second-order valence-electron chi connectivity index (χ2n) is 6.09. The van der Waals surface area contributed by atoms with E-state index in [2.05, 4.69) is 86.3 Å². The molecule has 1 aliphatic carbocycles. The number of benzene rings is 2. The molecule has 0 saturated carbocycles. The fourth-order valence-electron chi connectivity index (χ4n) is 3.48. The fourth-order valence-corrected chi connectivity index (χ4v) is 7.44. The Hall–Kier alpha value is -0.279. The predicted molar refractivity (Wildman–Crippen MR) is 98.1 cm³/mol. The first kappa shape index (κ1) is 27.9. The molecule has 0 bridgehead atoms. The van der Waals surface area contributed by atoms with E-state index in [0.717, 1.165) is 6.42 Å². The fraction of sp³-hybridized carbons (Fsp3) is 0.238. The van der Waals surface area contributed by atoms with Crippen molar-refractivity contribution in [2.45, 2.75) is 32.7 Å². The van der Waals surface area contributed by atoms with Gasteiger partial charge in [0.1, 0.15) is 8.07 Å². The minimum atomic E-state index is -1.93. The Morgan fingerprint density at radius 3 is 1.73 bits per heavy atom. The van der Waals surface area contributed by atoms with E-state index in [9.17, 15) is 0 Å². The van der Waals surface area contributed by atoms with E-state index in [1.165, 1.54) is 34.0 Å². The van der Waals surface area contributed by atoms with Crippen molar-refractivity contribution in [2.24, 2.45) is 0 Å². The zero-order valence-corrected chi connectivity index (χ0v) is 19.9. The van der Waals surface area contributed by atoms with Crippen molar-refractivity contribution in [3.8, 4) is 0 Å². The van der Waals surface area contributed by atoms with Gasteiger partial charge in [-0.3, -0.25) is 6.08 Å². The zero-order chi connectivity index (χ0) is 15.4. The summed E-state index contributed by atoms with van der Waals surface area (Å²) in [6, 6.07) is 22.1. The van der Waals surface area contributed by atoms with Crippen LogP contribution in [0.15, 0.2) is 77.5 Å². The molecule has 0 radical (unpaired) electrons. The molecule has 0 aliphatic heterocycles. The number of hydrogen-bond donors (Lipinski definition) is 0. The van der Waals surface area contributed by atoms with Crippen molar-refractivity contribution in [1.82, 2.24) is 0 Å². The molecule has 26 heavy (non-hydrogen) atoms. The molecule has 0 nitrogen and oxygen atoms in total. The minimum absolute atomic E-state index is 0. The van der Waals surface area contributed by atoms with Crippen molar-refractivity contribution >= 4 is 18.4 Å². The Kier molecular flexibility index (Phi) is 14.0. The first-order valence-electron chi connectivity index (χ1n) is 8.18. The second-order valence-corrected chi connectivity index (χ2v) is 10.00. The standard InChI is InChI=1S/C21H23Si.3ClH.Ti/c1-3-11-18-12-10-17-21(18)22(2,19-13-6-4-7-14-19)20-15-8-5-9-16-20;;;;/h4-9,12-16H,3,10-11H2,1-2H3;3*1H;/q-1;;;;+4/p-3. The van der Waals surface area contributed by atoms with Gasteiger partial charge in [0.05, 0.1) is 0 Å². The van der Waals surface area contributed by atoms with Crippen LogP contribution >= 0.6 is 0 Å². The predicted octanol–water partition coefficient (Wildman–Crippen LogP) is -4.71. The van der Waals surface area contributed by atoms with Crippen LogP contribution in [0.25, 0.3) is 0 Å². The molecule has 0 heterocycles. The minimum Gasteiger partial charge on any atom is -1.00 e. The maximum absolute atomic E-state index is 3.71. The van der Waals surface area contributed by atoms with Gasteiger partial charge in [-0.1, -0.05) is 97.3 Å². The molecule has 0 aromatic heterocycles. The molecular weight excluding hydrogens is 435 g/mol. The molecule has 136 valence electrons. The van der Waals surface area contributed by atoms with E-state index in [0.29, 0.717) is 0 Å². The van der Waals surface area contributed by atoms with Crippen molar-refractivity contribution in [1.29, 1.82) is 0 Å². The third-order valence-corrected chi connectivity index (χ3v) is 9.14. The zero-order valence-electron chi connectivity index (χ0n) is 15.1. The molecule has 0 saturated heterocycles. The summed E-state index contributed by atoms with van der Waals surface area (Å²) < 4.78 is 0. The summed E-state index contributed by atoms with van der Waals surface area (Å²) in [5.74, 6) is 0. The number of allylic oxidation sites excluding steroid dienone is 4. The van der Waals surface area contributed by atoms with Gasteiger partial charge in [0.15, 0.2) is 0 Å². The third kappa shape index (κ3) is 5.61. The van der Waals surface area contributed by atoms with Crippen molar-refractivity contribution in [2.75, 3.05) is 0 Å². The Morgan fingerprint density at radius 2 is 1.31 bits per heavy atom. The van der Waals surface area contributed by atoms with Crippen LogP contribution in [0.1, 0.15) is 26.2 Å². The van der Waals surface area contributed by atoms with Gasteiger partial charge in [0.2, 0.25) is 0 Å². The average Bonchev–Trinajstić information content (AvgIpc) is 3.05. The quantitative estimate of drug-likeness (QED) is 0.313. The molecule has 1 aliphatic rings. The van der Waals surface area contributed by atoms with Crippen LogP contribution in [0.5, 0.6) is 0 Å². The van der Waals surface area contributed by atoms with E-state index in [1.807, 2.05) is 0 Å². The van der Waals surface area contributed by atoms with Crippen LogP contribution in [0.3, 0.4) is 0 Å². The van der Waals surface area contributed by atoms with Gasteiger partial charge in [0, 0.05) is 0 Å². The van der Waals surface area contributed by atoms with Crippen LogP contribution in [0.4, 0.5) is 0 Å². The van der Waals surface area contributed by atoms with Gasteiger partial charge in [-0.15, -0.1) is 6.42 Å². The van der Waals surface area contributed by atoms with Crippen LogP contribution in [0.2, 0.25) is 6.55 Å². The van der Waals surface area contributed by atoms with Gasteiger partial charge in [-0.2, -0.15) is 6.08 Å². The maximum atomic E-state index is 3.71. The molecule has 5 heteroatoms. The summed E-state index contributed by atoms with van der Waals surface area (Å²) in [4.78, 5) is 0. The summed E-state index contributed by atoms with van der Waals surface area (Å²) in [7, 11) is -1.93. The van der Waals surface area contributed by atoms with E-state index in [4.69, 9.17) is 0 Å². The monoisotopic (exact) mass is 456 g/mol. The Balaban J connectivity index is 0. The van der Waals surface area contributed by atoms with Gasteiger partial charge < -0.3 is 37.2 Å². The molecule has 2 aromatic rings. The molecule has 0 spiro atoms. The van der Waals surface area contributed by atoms with Gasteiger partial charge >= 0.3 is 21.7 Å². The number of halogens is 3. The summed E-state index contributed by atoms with van der Waals surface area (Å²) in [6.07, 6.45) is 9.45. The molecule has 0 amide bonds. The molecular formula is C21H23Cl3SiTi. The number of rotatable bonds is 5. The summed E-state index contributed by atoms with van der Waals surface area (Å²) in [5.41, 5.74) is 1.53. The van der Waals surface area contributed by atoms with Crippen molar-refractivity contribution < 1.29 is 58.9 Å². The van der Waals surface area contributed by atoms with Crippen LogP contribution in [-0.2, 0) is 21.7 Å². The van der Waals surface area contributed by atoms with Crippen molar-refractivity contribution in [3.63, 3.8) is 0 Å². The topological polar surface area (TPSA) is 0 Å². The second kappa shape index (κ2) is 13.0. The first-order chi connectivity index (χ1) is 10.8. The van der Waals surface area contributed by atoms with Crippen LogP contribution in [0, 0.1) is 6.08 Å². The van der Waals surface area contributed by atoms with Crippen molar-refractivity contribution in [3.05, 3.63) is 83.6 Å². The Morgan fingerprint density at radius 1 is 0.846 bits per heavy atom. The molecule has 0 atom stereocenters. The molecule has 0 unspecified atom stereocenters.